The van der Waals surface area contributed by atoms with Crippen LogP contribution in [-0.2, 0) is 4.79 Å². The van der Waals surface area contributed by atoms with Crippen LogP contribution in [0.25, 0.3) is 0 Å². The lowest BCUT2D eigenvalue weighted by atomic mass is 10.1. The maximum absolute atomic E-state index is 10.3. The zero-order valence-corrected chi connectivity index (χ0v) is 16.5. The molecule has 0 aromatic carbocycles. The van der Waals surface area contributed by atoms with Crippen LogP contribution in [0.1, 0.15) is 104 Å². The van der Waals surface area contributed by atoms with Crippen molar-refractivity contribution in [2.75, 3.05) is 5.75 Å². The van der Waals surface area contributed by atoms with Gasteiger partial charge in [-0.2, -0.15) is 12.6 Å². The molecule has 0 aromatic rings. The molecule has 138 valence electrons. The summed E-state index contributed by atoms with van der Waals surface area (Å²) in [5.41, 5.74) is 0. The van der Waals surface area contributed by atoms with Crippen LogP contribution < -0.4 is 0 Å². The minimum atomic E-state index is -0.664. The molecule has 0 aromatic heterocycles. The summed E-state index contributed by atoms with van der Waals surface area (Å²) < 4.78 is 0. The number of rotatable bonds is 15. The zero-order chi connectivity index (χ0) is 17.6. The predicted octanol–water partition coefficient (Wildman–Crippen LogP) is 7.04. The van der Waals surface area contributed by atoms with E-state index in [1.165, 1.54) is 70.6 Å². The zero-order valence-electron chi connectivity index (χ0n) is 15.6. The molecule has 1 N–H and O–H groups in total. The van der Waals surface area contributed by atoms with Crippen LogP contribution in [0.3, 0.4) is 0 Å². The summed E-state index contributed by atoms with van der Waals surface area (Å²) in [6.07, 6.45) is 21.2. The van der Waals surface area contributed by atoms with Gasteiger partial charge in [0.1, 0.15) is 0 Å². The minimum absolute atomic E-state index is 0.332. The van der Waals surface area contributed by atoms with Crippen molar-refractivity contribution >= 4 is 18.6 Å². The van der Waals surface area contributed by atoms with Crippen molar-refractivity contribution in [2.24, 2.45) is 0 Å². The van der Waals surface area contributed by atoms with Gasteiger partial charge >= 0.3 is 5.97 Å². The van der Waals surface area contributed by atoms with Crippen molar-refractivity contribution in [3.63, 3.8) is 0 Å². The number of allylic oxidation sites excluding steroid dienone is 2. The third-order valence-corrected chi connectivity index (χ3v) is 3.65. The largest absolute Gasteiger partial charge is 0.481 e. The van der Waals surface area contributed by atoms with Crippen LogP contribution in [0.4, 0.5) is 0 Å². The van der Waals surface area contributed by atoms with E-state index in [9.17, 15) is 4.79 Å². The van der Waals surface area contributed by atoms with Gasteiger partial charge in [-0.05, 0) is 37.9 Å². The molecule has 0 amide bonds. The quantitative estimate of drug-likeness (QED) is 0.190. The van der Waals surface area contributed by atoms with Crippen molar-refractivity contribution < 1.29 is 9.90 Å². The molecule has 3 heteroatoms. The molecular formula is C20H40O2S. The number of unbranched alkanes of at least 4 members (excludes halogenated alkanes) is 11. The molecule has 0 saturated heterocycles. The van der Waals surface area contributed by atoms with Crippen molar-refractivity contribution in [3.05, 3.63) is 12.2 Å². The Bertz CT molecular complexity index is 252. The Morgan fingerprint density at radius 1 is 0.783 bits per heavy atom. The van der Waals surface area contributed by atoms with Gasteiger partial charge in [-0.25, -0.2) is 0 Å². The number of hydrogen-bond donors (Lipinski definition) is 2. The van der Waals surface area contributed by atoms with E-state index in [-0.39, 0.29) is 0 Å². The van der Waals surface area contributed by atoms with Gasteiger partial charge in [0, 0.05) is 6.42 Å². The number of carboxylic acid groups (broad SMARTS) is 1. The molecule has 0 rings (SSSR count). The molecule has 0 unspecified atom stereocenters. The summed E-state index contributed by atoms with van der Waals surface area (Å²) in [4.78, 5) is 10.3. The Kier molecular flexibility index (Phi) is 25.7. The Hall–Kier alpha value is -0.440. The molecule has 0 saturated carbocycles. The maximum atomic E-state index is 10.3. The molecule has 0 bridgehead atoms. The highest BCUT2D eigenvalue weighted by atomic mass is 32.1. The molecular weight excluding hydrogens is 304 g/mol. The van der Waals surface area contributed by atoms with Crippen molar-refractivity contribution in [1.82, 2.24) is 0 Å². The fourth-order valence-corrected chi connectivity index (χ4v) is 2.35. The molecule has 0 radical (unpaired) electrons. The van der Waals surface area contributed by atoms with E-state index in [2.05, 4.69) is 31.7 Å². The Labute approximate surface area is 150 Å². The van der Waals surface area contributed by atoms with Crippen LogP contribution in [0.15, 0.2) is 12.2 Å². The van der Waals surface area contributed by atoms with Crippen molar-refractivity contribution in [3.8, 4) is 0 Å². The molecule has 2 nitrogen and oxygen atoms in total. The average molecular weight is 345 g/mol. The van der Waals surface area contributed by atoms with E-state index in [4.69, 9.17) is 5.11 Å². The summed E-state index contributed by atoms with van der Waals surface area (Å²) in [5.74, 6) is 0.280. The van der Waals surface area contributed by atoms with E-state index < -0.39 is 5.97 Å². The highest BCUT2D eigenvalue weighted by molar-refractivity contribution is 7.80. The summed E-state index contributed by atoms with van der Waals surface area (Å²) in [6, 6.07) is 0. The molecule has 0 aliphatic heterocycles. The highest BCUT2D eigenvalue weighted by Crippen LogP contribution is 2.09. The third kappa shape index (κ3) is 30.1. The first-order valence-corrected chi connectivity index (χ1v) is 10.3. The first kappa shape index (κ1) is 24.8. The first-order chi connectivity index (χ1) is 11.2. The second-order valence-electron chi connectivity index (χ2n) is 6.04. The van der Waals surface area contributed by atoms with E-state index in [1.54, 1.807) is 0 Å². The van der Waals surface area contributed by atoms with Crippen LogP contribution in [0.2, 0.25) is 0 Å². The lowest BCUT2D eigenvalue weighted by Gasteiger charge is -1.99. The van der Waals surface area contributed by atoms with E-state index in [0.717, 1.165) is 18.6 Å². The van der Waals surface area contributed by atoms with Gasteiger partial charge in [0.05, 0.1) is 0 Å². The number of aliphatic carboxylic acids is 1. The van der Waals surface area contributed by atoms with E-state index in [1.807, 2.05) is 6.92 Å². The monoisotopic (exact) mass is 344 g/mol. The summed E-state index contributed by atoms with van der Waals surface area (Å²) in [7, 11) is 0. The number of carbonyl (C=O) groups is 1. The molecule has 0 aliphatic rings. The Morgan fingerprint density at radius 3 is 1.61 bits per heavy atom. The normalized spacial score (nSPS) is 10.6. The Morgan fingerprint density at radius 2 is 1.17 bits per heavy atom. The van der Waals surface area contributed by atoms with Crippen LogP contribution in [0, 0.1) is 0 Å². The average Bonchev–Trinajstić information content (AvgIpc) is 2.51. The molecule has 0 heterocycles. The van der Waals surface area contributed by atoms with E-state index in [0.29, 0.717) is 6.42 Å². The molecule has 23 heavy (non-hydrogen) atoms. The van der Waals surface area contributed by atoms with Crippen molar-refractivity contribution in [1.29, 1.82) is 0 Å². The van der Waals surface area contributed by atoms with Gasteiger partial charge in [-0.3, -0.25) is 4.79 Å². The SMILES string of the molecule is CCCCCCCCC=CCCCCCCCC(=O)O.CCS. The summed E-state index contributed by atoms with van der Waals surface area (Å²) in [6.45, 7) is 4.25. The van der Waals surface area contributed by atoms with Gasteiger partial charge in [0.25, 0.3) is 0 Å². The number of hydrogen-bond acceptors (Lipinski definition) is 2. The van der Waals surface area contributed by atoms with Gasteiger partial charge in [-0.15, -0.1) is 0 Å². The Balaban J connectivity index is 0. The van der Waals surface area contributed by atoms with Crippen LogP contribution >= 0.6 is 12.6 Å². The van der Waals surface area contributed by atoms with Crippen LogP contribution in [-0.4, -0.2) is 16.8 Å². The number of carboxylic acids is 1. The fraction of sp³-hybridized carbons (Fsp3) is 0.850. The van der Waals surface area contributed by atoms with E-state index >= 15 is 0 Å². The van der Waals surface area contributed by atoms with Gasteiger partial charge in [0.15, 0.2) is 0 Å². The number of thiol groups is 1. The first-order valence-electron chi connectivity index (χ1n) is 9.66. The lowest BCUT2D eigenvalue weighted by molar-refractivity contribution is -0.137. The minimum Gasteiger partial charge on any atom is -0.481 e. The van der Waals surface area contributed by atoms with Gasteiger partial charge < -0.3 is 5.11 Å². The molecule has 0 aliphatic carbocycles. The fourth-order valence-electron chi connectivity index (χ4n) is 2.35. The summed E-state index contributed by atoms with van der Waals surface area (Å²) >= 11 is 3.79. The highest BCUT2D eigenvalue weighted by Gasteiger charge is 1.95. The summed E-state index contributed by atoms with van der Waals surface area (Å²) in [5, 5.41) is 8.51. The van der Waals surface area contributed by atoms with Crippen molar-refractivity contribution in [2.45, 2.75) is 104 Å². The predicted molar refractivity (Wildman–Crippen MR) is 107 cm³/mol. The topological polar surface area (TPSA) is 37.3 Å². The van der Waals surface area contributed by atoms with Gasteiger partial charge in [-0.1, -0.05) is 77.4 Å². The molecule has 0 spiro atoms. The standard InChI is InChI=1S/C18H34O2.C2H6S/c1-2-3-4-5-6-7-8-9-10-11-12-13-14-15-16-17-18(19)20;1-2-3/h9-10H,2-8,11-17H2,1H3,(H,19,20);3H,2H2,1H3. The lowest BCUT2D eigenvalue weighted by Crippen LogP contribution is -1.93. The smallest absolute Gasteiger partial charge is 0.303 e. The van der Waals surface area contributed by atoms with Crippen LogP contribution in [0.5, 0.6) is 0 Å². The molecule has 0 atom stereocenters. The molecule has 0 fully saturated rings. The second kappa shape index (κ2) is 23.8. The van der Waals surface area contributed by atoms with Gasteiger partial charge in [0.2, 0.25) is 0 Å². The maximum Gasteiger partial charge on any atom is 0.303 e. The second-order valence-corrected chi connectivity index (χ2v) is 6.68. The third-order valence-electron chi connectivity index (χ3n) is 3.65.